The molecule has 0 spiro atoms. The van der Waals surface area contributed by atoms with Crippen LogP contribution in [0.1, 0.15) is 39.2 Å². The van der Waals surface area contributed by atoms with E-state index in [-0.39, 0.29) is 5.92 Å². The summed E-state index contributed by atoms with van der Waals surface area (Å²) in [6, 6.07) is 10.9. The number of hydrogen-bond acceptors (Lipinski definition) is 2. The Hall–Kier alpha value is -1.61. The Kier molecular flexibility index (Phi) is 6.85. The van der Waals surface area contributed by atoms with Crippen LogP contribution >= 0.6 is 0 Å². The number of piperidine rings is 1. The quantitative estimate of drug-likeness (QED) is 0.870. The van der Waals surface area contributed by atoms with Crippen molar-refractivity contribution in [3.63, 3.8) is 0 Å². The lowest BCUT2D eigenvalue weighted by atomic mass is 9.89. The Balaban J connectivity index is 1.81. The van der Waals surface area contributed by atoms with Crippen LogP contribution in [0.15, 0.2) is 36.4 Å². The molecule has 1 aromatic carbocycles. The van der Waals surface area contributed by atoms with Gasteiger partial charge < -0.3 is 10.2 Å². The second kappa shape index (κ2) is 8.88. The van der Waals surface area contributed by atoms with Crippen LogP contribution in [-0.2, 0) is 4.79 Å². The maximum absolute atomic E-state index is 12.2. The molecule has 2 rings (SSSR count). The molecule has 0 radical (unpaired) electrons. The SMILES string of the molecule is CCC1CN(C(=O)C(C)C)CCC1NCC=Cc1ccccc1. The molecule has 1 aliphatic rings. The zero-order chi connectivity index (χ0) is 16.7. The lowest BCUT2D eigenvalue weighted by molar-refractivity contribution is -0.136. The molecule has 2 atom stereocenters. The van der Waals surface area contributed by atoms with E-state index < -0.39 is 0 Å². The number of amides is 1. The van der Waals surface area contributed by atoms with Gasteiger partial charge in [-0.2, -0.15) is 0 Å². The van der Waals surface area contributed by atoms with Crippen LogP contribution in [0.4, 0.5) is 0 Å². The Labute approximate surface area is 140 Å². The molecule has 1 amide bonds. The molecule has 2 unspecified atom stereocenters. The van der Waals surface area contributed by atoms with Crippen molar-refractivity contribution in [1.29, 1.82) is 0 Å². The highest BCUT2D eigenvalue weighted by atomic mass is 16.2. The van der Waals surface area contributed by atoms with Crippen LogP contribution in [0, 0.1) is 11.8 Å². The molecular weight excluding hydrogens is 284 g/mol. The smallest absolute Gasteiger partial charge is 0.225 e. The third-order valence-corrected chi connectivity index (χ3v) is 4.67. The van der Waals surface area contributed by atoms with Crippen LogP contribution in [0.3, 0.4) is 0 Å². The van der Waals surface area contributed by atoms with E-state index in [9.17, 15) is 4.79 Å². The average Bonchev–Trinajstić information content (AvgIpc) is 2.59. The van der Waals surface area contributed by atoms with Crippen LogP contribution in [0.2, 0.25) is 0 Å². The van der Waals surface area contributed by atoms with Crippen molar-refractivity contribution >= 4 is 12.0 Å². The highest BCUT2D eigenvalue weighted by Crippen LogP contribution is 2.21. The summed E-state index contributed by atoms with van der Waals surface area (Å²) in [5.74, 6) is 0.952. The number of nitrogens with one attached hydrogen (secondary N) is 1. The van der Waals surface area contributed by atoms with E-state index in [0.717, 1.165) is 32.5 Å². The molecule has 0 aromatic heterocycles. The number of hydrogen-bond donors (Lipinski definition) is 1. The van der Waals surface area contributed by atoms with Crippen molar-refractivity contribution in [3.8, 4) is 0 Å². The summed E-state index contributed by atoms with van der Waals surface area (Å²) in [4.78, 5) is 14.2. The third kappa shape index (κ3) is 5.21. The van der Waals surface area contributed by atoms with Gasteiger partial charge in [-0.05, 0) is 17.9 Å². The minimum atomic E-state index is 0.103. The van der Waals surface area contributed by atoms with E-state index in [1.807, 2.05) is 19.9 Å². The fourth-order valence-electron chi connectivity index (χ4n) is 3.26. The number of nitrogens with zero attached hydrogens (tertiary/aromatic N) is 1. The zero-order valence-corrected chi connectivity index (χ0v) is 14.7. The Morgan fingerprint density at radius 2 is 2.09 bits per heavy atom. The molecule has 0 saturated carbocycles. The van der Waals surface area contributed by atoms with Gasteiger partial charge in [-0.1, -0.05) is 69.7 Å². The van der Waals surface area contributed by atoms with Gasteiger partial charge in [0.25, 0.3) is 0 Å². The van der Waals surface area contributed by atoms with Gasteiger partial charge in [0.15, 0.2) is 0 Å². The van der Waals surface area contributed by atoms with Crippen molar-refractivity contribution in [3.05, 3.63) is 42.0 Å². The van der Waals surface area contributed by atoms with Gasteiger partial charge in [0.05, 0.1) is 0 Å². The van der Waals surface area contributed by atoms with Gasteiger partial charge in [0, 0.05) is 31.6 Å². The van der Waals surface area contributed by atoms with Crippen LogP contribution in [-0.4, -0.2) is 36.5 Å². The topological polar surface area (TPSA) is 32.3 Å². The molecule has 1 fully saturated rings. The molecule has 0 bridgehead atoms. The van der Waals surface area contributed by atoms with Gasteiger partial charge in [0.2, 0.25) is 5.91 Å². The molecule has 126 valence electrons. The first-order valence-corrected chi connectivity index (χ1v) is 8.85. The molecule has 3 nitrogen and oxygen atoms in total. The van der Waals surface area contributed by atoms with Crippen molar-refractivity contribution in [2.75, 3.05) is 19.6 Å². The Bertz CT molecular complexity index is 510. The van der Waals surface area contributed by atoms with E-state index in [1.54, 1.807) is 0 Å². The number of benzene rings is 1. The van der Waals surface area contributed by atoms with Gasteiger partial charge in [-0.3, -0.25) is 4.79 Å². The fourth-order valence-corrected chi connectivity index (χ4v) is 3.26. The first-order chi connectivity index (χ1) is 11.1. The molecule has 1 saturated heterocycles. The summed E-state index contributed by atoms with van der Waals surface area (Å²) in [6.07, 6.45) is 6.51. The van der Waals surface area contributed by atoms with Crippen LogP contribution in [0.5, 0.6) is 0 Å². The van der Waals surface area contributed by atoms with Crippen molar-refractivity contribution < 1.29 is 4.79 Å². The Morgan fingerprint density at radius 1 is 1.35 bits per heavy atom. The lowest BCUT2D eigenvalue weighted by Gasteiger charge is -2.39. The maximum Gasteiger partial charge on any atom is 0.225 e. The second-order valence-corrected chi connectivity index (χ2v) is 6.72. The maximum atomic E-state index is 12.2. The fraction of sp³-hybridized carbons (Fsp3) is 0.550. The number of carbonyl (C=O) groups is 1. The monoisotopic (exact) mass is 314 g/mol. The average molecular weight is 314 g/mol. The summed E-state index contributed by atoms with van der Waals surface area (Å²) in [6.45, 7) is 8.86. The minimum Gasteiger partial charge on any atom is -0.342 e. The zero-order valence-electron chi connectivity index (χ0n) is 14.7. The summed E-state index contributed by atoms with van der Waals surface area (Å²) < 4.78 is 0. The second-order valence-electron chi connectivity index (χ2n) is 6.72. The predicted octanol–water partition coefficient (Wildman–Crippen LogP) is 3.57. The standard InChI is InChI=1S/C20H30N2O/c1-4-18-15-22(20(23)16(2)3)14-12-19(18)21-13-8-11-17-9-6-5-7-10-17/h5-11,16,18-19,21H,4,12-15H2,1-3H3. The van der Waals surface area contributed by atoms with E-state index in [0.29, 0.717) is 17.9 Å². The molecule has 1 N–H and O–H groups in total. The van der Waals surface area contributed by atoms with Gasteiger partial charge in [0.1, 0.15) is 0 Å². The van der Waals surface area contributed by atoms with E-state index in [2.05, 4.69) is 53.6 Å². The Morgan fingerprint density at radius 3 is 2.74 bits per heavy atom. The molecule has 23 heavy (non-hydrogen) atoms. The van der Waals surface area contributed by atoms with Gasteiger partial charge in [-0.25, -0.2) is 0 Å². The highest BCUT2D eigenvalue weighted by Gasteiger charge is 2.30. The summed E-state index contributed by atoms with van der Waals surface area (Å²) in [5.41, 5.74) is 1.23. The largest absolute Gasteiger partial charge is 0.342 e. The highest BCUT2D eigenvalue weighted by molar-refractivity contribution is 5.78. The lowest BCUT2D eigenvalue weighted by Crippen LogP contribution is -2.51. The normalized spacial score (nSPS) is 22.0. The predicted molar refractivity (Wildman–Crippen MR) is 97.1 cm³/mol. The van der Waals surface area contributed by atoms with Crippen molar-refractivity contribution in [2.24, 2.45) is 11.8 Å². The molecule has 1 aliphatic heterocycles. The first kappa shape index (κ1) is 17.7. The molecule has 1 heterocycles. The van der Waals surface area contributed by atoms with Crippen LogP contribution < -0.4 is 5.32 Å². The molecular formula is C20H30N2O. The van der Waals surface area contributed by atoms with Crippen molar-refractivity contribution in [2.45, 2.75) is 39.7 Å². The molecule has 3 heteroatoms. The number of carbonyl (C=O) groups excluding carboxylic acids is 1. The van der Waals surface area contributed by atoms with E-state index in [4.69, 9.17) is 0 Å². The first-order valence-electron chi connectivity index (χ1n) is 8.85. The molecule has 0 aliphatic carbocycles. The third-order valence-electron chi connectivity index (χ3n) is 4.67. The number of rotatable bonds is 6. The minimum absolute atomic E-state index is 0.103. The summed E-state index contributed by atoms with van der Waals surface area (Å²) >= 11 is 0. The number of likely N-dealkylation sites (tertiary alicyclic amines) is 1. The van der Waals surface area contributed by atoms with Gasteiger partial charge in [-0.15, -0.1) is 0 Å². The van der Waals surface area contributed by atoms with Crippen LogP contribution in [0.25, 0.3) is 6.08 Å². The van der Waals surface area contributed by atoms with Gasteiger partial charge >= 0.3 is 0 Å². The van der Waals surface area contributed by atoms with Crippen molar-refractivity contribution in [1.82, 2.24) is 10.2 Å². The summed E-state index contributed by atoms with van der Waals surface area (Å²) in [7, 11) is 0. The summed E-state index contributed by atoms with van der Waals surface area (Å²) in [5, 5.41) is 3.66. The van der Waals surface area contributed by atoms with E-state index in [1.165, 1.54) is 5.56 Å². The molecule has 1 aromatic rings. The van der Waals surface area contributed by atoms with E-state index >= 15 is 0 Å².